The molecule has 1 N–H and O–H groups in total. The first-order valence-electron chi connectivity index (χ1n) is 9.74. The second-order valence-corrected chi connectivity index (χ2v) is 8.00. The van der Waals surface area contributed by atoms with Crippen LogP contribution in [0.15, 0.2) is 47.4 Å². The van der Waals surface area contributed by atoms with Gasteiger partial charge in [0, 0.05) is 30.1 Å². The molecular weight excluding hydrogens is 388 g/mol. The Kier molecular flexibility index (Phi) is 5.94. The molecule has 4 rings (SSSR count). The summed E-state index contributed by atoms with van der Waals surface area (Å²) < 4.78 is 11.1. The summed E-state index contributed by atoms with van der Waals surface area (Å²) in [5.74, 6) is 1.12. The lowest BCUT2D eigenvalue weighted by Gasteiger charge is -2.19. The van der Waals surface area contributed by atoms with Crippen molar-refractivity contribution in [3.05, 3.63) is 48.0 Å². The minimum Gasteiger partial charge on any atom is -0.486 e. The van der Waals surface area contributed by atoms with Crippen LogP contribution in [0.5, 0.6) is 11.5 Å². The Morgan fingerprint density at radius 2 is 1.90 bits per heavy atom. The topological polar surface area (TPSA) is 67.9 Å². The second-order valence-electron chi connectivity index (χ2n) is 7.12. The molecule has 152 valence electrons. The van der Waals surface area contributed by atoms with Crippen LogP contribution in [0.25, 0.3) is 0 Å². The number of carbonyl (C=O) groups excluding carboxylic acids is 2. The molecule has 1 atom stereocenters. The Balaban J connectivity index is 1.29. The first-order valence-corrected chi connectivity index (χ1v) is 11.0. The molecule has 0 aromatic heterocycles. The molecule has 29 heavy (non-hydrogen) atoms. The van der Waals surface area contributed by atoms with Gasteiger partial charge in [-0.25, -0.2) is 0 Å². The molecule has 0 saturated carbocycles. The summed E-state index contributed by atoms with van der Waals surface area (Å²) in [7, 11) is 0. The average molecular weight is 413 g/mol. The van der Waals surface area contributed by atoms with E-state index in [9.17, 15) is 9.59 Å². The highest BCUT2D eigenvalue weighted by molar-refractivity contribution is 7.98. The summed E-state index contributed by atoms with van der Waals surface area (Å²) in [6.07, 6.45) is 2.96. The Bertz CT molecular complexity index is 900. The number of amides is 2. The Morgan fingerprint density at radius 1 is 1.14 bits per heavy atom. The van der Waals surface area contributed by atoms with Gasteiger partial charge in [-0.15, -0.1) is 11.8 Å². The third-order valence-corrected chi connectivity index (χ3v) is 5.94. The molecule has 2 aliphatic rings. The summed E-state index contributed by atoms with van der Waals surface area (Å²) in [4.78, 5) is 27.8. The fourth-order valence-electron chi connectivity index (χ4n) is 3.61. The highest BCUT2D eigenvalue weighted by Gasteiger charge is 2.34. The van der Waals surface area contributed by atoms with Gasteiger partial charge in [0.25, 0.3) is 0 Å². The quantitative estimate of drug-likeness (QED) is 0.739. The van der Waals surface area contributed by atoms with Crippen LogP contribution in [0.4, 0.5) is 5.69 Å². The minimum absolute atomic E-state index is 0.00566. The molecule has 0 spiro atoms. The number of nitrogens with zero attached hydrogens (tertiary/aromatic N) is 1. The highest BCUT2D eigenvalue weighted by Crippen LogP contribution is 2.31. The number of carbonyl (C=O) groups is 2. The van der Waals surface area contributed by atoms with Crippen LogP contribution in [0, 0.1) is 5.92 Å². The summed E-state index contributed by atoms with van der Waals surface area (Å²) in [6, 6.07) is 13.7. The van der Waals surface area contributed by atoms with Gasteiger partial charge in [0.1, 0.15) is 13.2 Å². The molecule has 2 aromatic carbocycles. The first kappa shape index (κ1) is 19.6. The number of benzene rings is 2. The Morgan fingerprint density at radius 3 is 2.66 bits per heavy atom. The number of hydrogen-bond acceptors (Lipinski definition) is 5. The molecule has 0 radical (unpaired) electrons. The number of hydrogen-bond donors (Lipinski definition) is 1. The van der Waals surface area contributed by atoms with Gasteiger partial charge >= 0.3 is 0 Å². The van der Waals surface area contributed by atoms with Crippen molar-refractivity contribution in [2.24, 2.45) is 5.92 Å². The van der Waals surface area contributed by atoms with Crippen LogP contribution in [0.3, 0.4) is 0 Å². The smallest absolute Gasteiger partial charge is 0.227 e. The lowest BCUT2D eigenvalue weighted by molar-refractivity contribution is -0.126. The standard InChI is InChI=1S/C22H24N2O4S/c1-29-18-5-3-17(4-6-18)24-14-16(13-21(24)25)22(26)23-9-8-15-2-7-19-20(12-15)28-11-10-27-19/h2-7,12,16H,8-11,13-14H2,1H3,(H,23,26)/t16-/m1/s1. The van der Waals surface area contributed by atoms with Gasteiger partial charge in [0.15, 0.2) is 11.5 Å². The van der Waals surface area contributed by atoms with Crippen molar-refractivity contribution in [1.29, 1.82) is 0 Å². The Labute approximate surface area is 174 Å². The molecular formula is C22H24N2O4S. The largest absolute Gasteiger partial charge is 0.486 e. The van der Waals surface area contributed by atoms with E-state index in [-0.39, 0.29) is 24.2 Å². The van der Waals surface area contributed by atoms with Gasteiger partial charge in [0.2, 0.25) is 11.8 Å². The van der Waals surface area contributed by atoms with Gasteiger partial charge < -0.3 is 19.7 Å². The first-order chi connectivity index (χ1) is 14.1. The molecule has 7 heteroatoms. The van der Waals surface area contributed by atoms with Crippen molar-refractivity contribution in [1.82, 2.24) is 5.32 Å². The zero-order valence-electron chi connectivity index (χ0n) is 16.3. The summed E-state index contributed by atoms with van der Waals surface area (Å²) >= 11 is 1.66. The molecule has 0 bridgehead atoms. The van der Waals surface area contributed by atoms with E-state index in [0.29, 0.717) is 32.7 Å². The van der Waals surface area contributed by atoms with E-state index < -0.39 is 0 Å². The maximum Gasteiger partial charge on any atom is 0.227 e. The predicted molar refractivity (Wildman–Crippen MR) is 113 cm³/mol. The molecule has 1 saturated heterocycles. The summed E-state index contributed by atoms with van der Waals surface area (Å²) in [5.41, 5.74) is 1.92. The molecule has 0 unspecified atom stereocenters. The van der Waals surface area contributed by atoms with Crippen LogP contribution < -0.4 is 19.7 Å². The fraction of sp³-hybridized carbons (Fsp3) is 0.364. The van der Waals surface area contributed by atoms with E-state index in [2.05, 4.69) is 5.32 Å². The van der Waals surface area contributed by atoms with Crippen LogP contribution in [0.2, 0.25) is 0 Å². The number of thioether (sulfide) groups is 1. The summed E-state index contributed by atoms with van der Waals surface area (Å²) in [6.45, 7) is 2.07. The zero-order chi connectivity index (χ0) is 20.2. The van der Waals surface area contributed by atoms with Crippen molar-refractivity contribution >= 4 is 29.3 Å². The van der Waals surface area contributed by atoms with Crippen molar-refractivity contribution in [2.75, 3.05) is 37.5 Å². The van der Waals surface area contributed by atoms with E-state index in [0.717, 1.165) is 27.6 Å². The van der Waals surface area contributed by atoms with Crippen molar-refractivity contribution in [3.63, 3.8) is 0 Å². The number of fused-ring (bicyclic) bond motifs is 1. The van der Waals surface area contributed by atoms with Gasteiger partial charge in [0.05, 0.1) is 5.92 Å². The number of nitrogens with one attached hydrogen (secondary N) is 1. The molecule has 2 heterocycles. The van der Waals surface area contributed by atoms with Crippen molar-refractivity contribution in [2.45, 2.75) is 17.7 Å². The maximum absolute atomic E-state index is 12.6. The van der Waals surface area contributed by atoms with Gasteiger partial charge in [-0.2, -0.15) is 0 Å². The fourth-order valence-corrected chi connectivity index (χ4v) is 4.02. The van der Waals surface area contributed by atoms with Crippen LogP contribution >= 0.6 is 11.8 Å². The molecule has 0 aliphatic carbocycles. The Hall–Kier alpha value is -2.67. The monoisotopic (exact) mass is 412 g/mol. The zero-order valence-corrected chi connectivity index (χ0v) is 17.2. The van der Waals surface area contributed by atoms with E-state index in [1.807, 2.05) is 48.7 Å². The second kappa shape index (κ2) is 8.78. The minimum atomic E-state index is -0.317. The molecule has 2 aliphatic heterocycles. The normalized spacial score (nSPS) is 18.0. The SMILES string of the molecule is CSc1ccc(N2C[C@H](C(=O)NCCc3ccc4c(c3)OCCO4)CC2=O)cc1. The van der Waals surface area contributed by atoms with E-state index in [1.165, 1.54) is 0 Å². The third kappa shape index (κ3) is 4.50. The van der Waals surface area contributed by atoms with E-state index >= 15 is 0 Å². The van der Waals surface area contributed by atoms with Gasteiger partial charge in [-0.1, -0.05) is 6.07 Å². The highest BCUT2D eigenvalue weighted by atomic mass is 32.2. The molecule has 2 amide bonds. The molecule has 1 fully saturated rings. The van der Waals surface area contributed by atoms with Gasteiger partial charge in [-0.05, 0) is 54.6 Å². The number of anilines is 1. The molecule has 2 aromatic rings. The van der Waals surface area contributed by atoms with Crippen LogP contribution in [0.1, 0.15) is 12.0 Å². The number of ether oxygens (including phenoxy) is 2. The van der Waals surface area contributed by atoms with Crippen molar-refractivity contribution < 1.29 is 19.1 Å². The van der Waals surface area contributed by atoms with Crippen molar-refractivity contribution in [3.8, 4) is 11.5 Å². The maximum atomic E-state index is 12.6. The van der Waals surface area contributed by atoms with E-state index in [1.54, 1.807) is 16.7 Å². The lowest BCUT2D eigenvalue weighted by atomic mass is 10.1. The number of rotatable bonds is 6. The predicted octanol–water partition coefficient (Wildman–Crippen LogP) is 2.89. The summed E-state index contributed by atoms with van der Waals surface area (Å²) in [5, 5.41) is 2.97. The van der Waals surface area contributed by atoms with E-state index in [4.69, 9.17) is 9.47 Å². The lowest BCUT2D eigenvalue weighted by Crippen LogP contribution is -2.34. The van der Waals surface area contributed by atoms with Crippen LogP contribution in [-0.2, 0) is 16.0 Å². The third-order valence-electron chi connectivity index (χ3n) is 5.20. The molecule has 6 nitrogen and oxygen atoms in total. The van der Waals surface area contributed by atoms with Crippen LogP contribution in [-0.4, -0.2) is 44.4 Å². The average Bonchev–Trinajstić information content (AvgIpc) is 3.15. The van der Waals surface area contributed by atoms with Gasteiger partial charge in [-0.3, -0.25) is 9.59 Å².